The number of carbonyl (C=O) groups is 1. The molecule has 0 aliphatic carbocycles. The Bertz CT molecular complexity index is 730. The molecule has 1 heterocycles. The summed E-state index contributed by atoms with van der Waals surface area (Å²) in [6.07, 6.45) is -1.10. The van der Waals surface area contributed by atoms with Crippen LogP contribution in [0.5, 0.6) is 0 Å². The van der Waals surface area contributed by atoms with Crippen LogP contribution in [0.15, 0.2) is 29.2 Å². The predicted octanol–water partition coefficient (Wildman–Crippen LogP) is 2.13. The van der Waals surface area contributed by atoms with Gasteiger partial charge < -0.3 is 10.2 Å². The van der Waals surface area contributed by atoms with E-state index in [1.54, 1.807) is 12.2 Å². The van der Waals surface area contributed by atoms with Crippen LogP contribution in [-0.4, -0.2) is 57.6 Å². The van der Waals surface area contributed by atoms with Crippen molar-refractivity contribution < 1.29 is 26.4 Å². The monoisotopic (exact) mass is 407 g/mol. The Morgan fingerprint density at radius 3 is 2.30 bits per heavy atom. The third-order valence-corrected chi connectivity index (χ3v) is 5.82. The number of amides is 1. The van der Waals surface area contributed by atoms with E-state index >= 15 is 0 Å². The van der Waals surface area contributed by atoms with Gasteiger partial charge in [-0.1, -0.05) is 6.42 Å². The van der Waals surface area contributed by atoms with Crippen LogP contribution in [0.3, 0.4) is 0 Å². The van der Waals surface area contributed by atoms with Crippen molar-refractivity contribution in [1.29, 1.82) is 0 Å². The second kappa shape index (κ2) is 9.03. The zero-order valence-electron chi connectivity index (χ0n) is 15.1. The Hall–Kier alpha value is -1.65. The first-order valence-electron chi connectivity index (χ1n) is 8.76. The van der Waals surface area contributed by atoms with Gasteiger partial charge in [-0.15, -0.1) is 0 Å². The van der Waals surface area contributed by atoms with Gasteiger partial charge in [0.05, 0.1) is 4.90 Å². The summed E-state index contributed by atoms with van der Waals surface area (Å²) in [6, 6.07) is 4.50. The smallest absolute Gasteiger partial charge is 0.343 e. The minimum Gasteiger partial charge on any atom is -0.343 e. The van der Waals surface area contributed by atoms with Crippen molar-refractivity contribution in [2.45, 2.75) is 43.3 Å². The number of halogens is 3. The highest BCUT2D eigenvalue weighted by molar-refractivity contribution is 7.89. The fourth-order valence-electron chi connectivity index (χ4n) is 2.97. The van der Waals surface area contributed by atoms with Gasteiger partial charge in [-0.05, 0) is 57.1 Å². The van der Waals surface area contributed by atoms with Gasteiger partial charge in [0.25, 0.3) is 5.91 Å². The summed E-state index contributed by atoms with van der Waals surface area (Å²) in [7, 11) is -3.78. The van der Waals surface area contributed by atoms with Crippen LogP contribution in [0.1, 0.15) is 36.5 Å². The molecule has 1 fully saturated rings. The minimum absolute atomic E-state index is 0.0413. The highest BCUT2D eigenvalue weighted by Crippen LogP contribution is 2.15. The van der Waals surface area contributed by atoms with E-state index in [-0.39, 0.29) is 16.5 Å². The van der Waals surface area contributed by atoms with E-state index in [1.807, 2.05) is 0 Å². The number of hydrogen-bond acceptors (Lipinski definition) is 4. The van der Waals surface area contributed by atoms with E-state index in [1.165, 1.54) is 30.7 Å². The van der Waals surface area contributed by atoms with E-state index in [2.05, 4.69) is 9.62 Å². The number of hydrogen-bond donors (Lipinski definition) is 2. The molecule has 0 spiro atoms. The van der Waals surface area contributed by atoms with Gasteiger partial charge >= 0.3 is 6.18 Å². The van der Waals surface area contributed by atoms with Gasteiger partial charge in [0.1, 0.15) is 6.54 Å². The molecule has 1 atom stereocenters. The van der Waals surface area contributed by atoms with Crippen LogP contribution < -0.4 is 10.0 Å². The average Bonchev–Trinajstić information content (AvgIpc) is 2.59. The van der Waals surface area contributed by atoms with Crippen LogP contribution in [0.4, 0.5) is 13.2 Å². The number of sulfonamides is 1. The number of alkyl halides is 3. The van der Waals surface area contributed by atoms with E-state index < -0.39 is 28.7 Å². The Morgan fingerprint density at radius 1 is 1.15 bits per heavy atom. The molecule has 1 saturated heterocycles. The number of likely N-dealkylation sites (tertiary alicyclic amines) is 1. The summed E-state index contributed by atoms with van der Waals surface area (Å²) < 4.78 is 63.9. The molecule has 0 radical (unpaired) electrons. The second-order valence-corrected chi connectivity index (χ2v) is 8.42. The number of nitrogens with one attached hydrogen (secondary N) is 2. The second-order valence-electron chi connectivity index (χ2n) is 6.71. The lowest BCUT2D eigenvalue weighted by Gasteiger charge is -2.29. The van der Waals surface area contributed by atoms with Crippen LogP contribution in [0.25, 0.3) is 0 Å². The van der Waals surface area contributed by atoms with E-state index in [4.69, 9.17) is 0 Å². The van der Waals surface area contributed by atoms with Crippen molar-refractivity contribution in [3.05, 3.63) is 29.8 Å². The predicted molar refractivity (Wildman–Crippen MR) is 94.9 cm³/mol. The van der Waals surface area contributed by atoms with Crippen molar-refractivity contribution in [2.75, 3.05) is 26.2 Å². The molecule has 27 heavy (non-hydrogen) atoms. The molecule has 1 aromatic carbocycles. The normalized spacial score (nSPS) is 17.5. The molecule has 2 rings (SSSR count). The van der Waals surface area contributed by atoms with Gasteiger partial charge in [-0.25, -0.2) is 13.1 Å². The summed E-state index contributed by atoms with van der Waals surface area (Å²) in [6.45, 7) is 2.85. The molecular weight excluding hydrogens is 383 g/mol. The molecule has 0 bridgehead atoms. The van der Waals surface area contributed by atoms with Gasteiger partial charge in [0.2, 0.25) is 10.0 Å². The van der Waals surface area contributed by atoms with E-state index in [0.717, 1.165) is 25.9 Å². The number of rotatable bonds is 7. The number of carbonyl (C=O) groups excluding carboxylic acids is 1. The summed E-state index contributed by atoms with van der Waals surface area (Å²) in [5.74, 6) is -0.914. The first-order valence-corrected chi connectivity index (χ1v) is 10.2. The molecule has 1 aliphatic rings. The van der Waals surface area contributed by atoms with Gasteiger partial charge in [0, 0.05) is 18.2 Å². The van der Waals surface area contributed by atoms with Crippen LogP contribution in [0.2, 0.25) is 0 Å². The molecule has 1 aliphatic heterocycles. The minimum atomic E-state index is -4.51. The molecule has 152 valence electrons. The van der Waals surface area contributed by atoms with E-state index in [9.17, 15) is 26.4 Å². The molecule has 1 unspecified atom stereocenters. The molecule has 0 aromatic heterocycles. The lowest BCUT2D eigenvalue weighted by atomic mass is 10.1. The topological polar surface area (TPSA) is 78.5 Å². The molecule has 2 N–H and O–H groups in total. The highest BCUT2D eigenvalue weighted by atomic mass is 32.2. The molecule has 10 heteroatoms. The van der Waals surface area contributed by atoms with Crippen molar-refractivity contribution in [3.8, 4) is 0 Å². The maximum atomic E-state index is 12.4. The Balaban J connectivity index is 1.94. The summed E-state index contributed by atoms with van der Waals surface area (Å²) in [4.78, 5) is 13.8. The average molecular weight is 407 g/mol. The Morgan fingerprint density at radius 2 is 1.74 bits per heavy atom. The van der Waals surface area contributed by atoms with Gasteiger partial charge in [0.15, 0.2) is 0 Å². The largest absolute Gasteiger partial charge is 0.405 e. The van der Waals surface area contributed by atoms with Crippen LogP contribution in [-0.2, 0) is 10.0 Å². The molecule has 6 nitrogen and oxygen atoms in total. The van der Waals surface area contributed by atoms with Crippen molar-refractivity contribution >= 4 is 15.9 Å². The van der Waals surface area contributed by atoms with Crippen LogP contribution in [0, 0.1) is 0 Å². The van der Waals surface area contributed by atoms with Gasteiger partial charge in [-0.3, -0.25) is 4.79 Å². The third-order valence-electron chi connectivity index (χ3n) is 4.21. The summed E-state index contributed by atoms with van der Waals surface area (Å²) in [5, 5.41) is 1.74. The lowest BCUT2D eigenvalue weighted by Crippen LogP contribution is -2.43. The highest BCUT2D eigenvalue weighted by Gasteiger charge is 2.28. The SMILES string of the molecule is CC(CN1CCCCC1)NS(=O)(=O)c1ccc(C(=O)NCC(F)(F)F)cc1. The maximum absolute atomic E-state index is 12.4. The number of nitrogens with zero attached hydrogens (tertiary/aromatic N) is 1. The number of benzene rings is 1. The van der Waals surface area contributed by atoms with Gasteiger partial charge in [-0.2, -0.15) is 13.2 Å². The molecule has 0 saturated carbocycles. The van der Waals surface area contributed by atoms with Crippen LogP contribution >= 0.6 is 0 Å². The molecule has 1 aromatic rings. The molecule has 1 amide bonds. The quantitative estimate of drug-likeness (QED) is 0.726. The first kappa shape index (κ1) is 21.6. The fraction of sp³-hybridized carbons (Fsp3) is 0.588. The fourth-order valence-corrected chi connectivity index (χ4v) is 4.20. The Labute approximate surface area is 157 Å². The molecular formula is C17H24F3N3O3S. The Kier molecular flexibility index (Phi) is 7.24. The summed E-state index contributed by atoms with van der Waals surface area (Å²) >= 11 is 0. The number of piperidine rings is 1. The van der Waals surface area contributed by atoms with Crippen molar-refractivity contribution in [3.63, 3.8) is 0 Å². The lowest BCUT2D eigenvalue weighted by molar-refractivity contribution is -0.123. The first-order chi connectivity index (χ1) is 12.6. The van der Waals surface area contributed by atoms with Crippen molar-refractivity contribution in [2.24, 2.45) is 0 Å². The summed E-state index contributed by atoms with van der Waals surface area (Å²) in [5.41, 5.74) is -0.0421. The van der Waals surface area contributed by atoms with E-state index in [0.29, 0.717) is 6.54 Å². The zero-order chi connectivity index (χ0) is 20.1. The van der Waals surface area contributed by atoms with Crippen molar-refractivity contribution in [1.82, 2.24) is 14.9 Å². The maximum Gasteiger partial charge on any atom is 0.405 e. The standard InChI is InChI=1S/C17H24F3N3O3S/c1-13(11-23-9-3-2-4-10-23)22-27(25,26)15-7-5-14(6-8-15)16(24)21-12-17(18,19)20/h5-8,13,22H,2-4,9-12H2,1H3,(H,21,24). The zero-order valence-corrected chi connectivity index (χ0v) is 15.9. The third kappa shape index (κ3) is 7.11.